The summed E-state index contributed by atoms with van der Waals surface area (Å²) in [4.78, 5) is 17.6. The van der Waals surface area contributed by atoms with Crippen molar-refractivity contribution in [3.8, 4) is 23.0 Å². The fraction of sp³-hybridized carbons (Fsp3) is 0.0909. The predicted molar refractivity (Wildman–Crippen MR) is 71.3 cm³/mol. The molecule has 0 atom stereocenters. The van der Waals surface area contributed by atoms with Crippen LogP contribution in [0, 0.1) is 3.57 Å². The highest BCUT2D eigenvalue weighted by Crippen LogP contribution is 2.29. The summed E-state index contributed by atoms with van der Waals surface area (Å²) >= 11 is 1.63. The zero-order valence-corrected chi connectivity index (χ0v) is 11.4. The Balaban J connectivity index is 2.56. The Labute approximate surface area is 119 Å². The van der Waals surface area contributed by atoms with Crippen molar-refractivity contribution in [1.29, 1.82) is 0 Å². The molecule has 0 amide bonds. The number of aromatic hydroxyl groups is 1. The van der Waals surface area contributed by atoms with Crippen LogP contribution in [0.5, 0.6) is 11.6 Å². The number of nitrogens with one attached hydrogen (secondary N) is 1. The van der Waals surface area contributed by atoms with Crippen molar-refractivity contribution in [2.24, 2.45) is 0 Å². The second kappa shape index (κ2) is 5.51. The van der Waals surface area contributed by atoms with Gasteiger partial charge in [-0.2, -0.15) is 13.8 Å². The summed E-state index contributed by atoms with van der Waals surface area (Å²) in [6.45, 7) is -3.00. The Morgan fingerprint density at radius 2 is 2.05 bits per heavy atom. The highest BCUT2D eigenvalue weighted by molar-refractivity contribution is 14.1. The largest absolute Gasteiger partial charge is 0.492 e. The molecule has 0 aliphatic heterocycles. The molecular formula is C11H7F2IN2O3. The van der Waals surface area contributed by atoms with Crippen LogP contribution in [0.25, 0.3) is 11.4 Å². The van der Waals surface area contributed by atoms with E-state index in [-0.39, 0.29) is 20.7 Å². The van der Waals surface area contributed by atoms with E-state index in [0.29, 0.717) is 0 Å². The molecule has 2 aromatic rings. The lowest BCUT2D eigenvalue weighted by atomic mass is 10.2. The van der Waals surface area contributed by atoms with Gasteiger partial charge in [0.15, 0.2) is 0 Å². The van der Waals surface area contributed by atoms with Crippen LogP contribution < -0.4 is 10.3 Å². The first kappa shape index (κ1) is 13.7. The van der Waals surface area contributed by atoms with E-state index in [0.717, 1.165) is 0 Å². The fourth-order valence-electron chi connectivity index (χ4n) is 1.44. The van der Waals surface area contributed by atoms with Gasteiger partial charge in [-0.15, -0.1) is 0 Å². The van der Waals surface area contributed by atoms with Crippen molar-refractivity contribution in [2.75, 3.05) is 0 Å². The molecule has 5 nitrogen and oxygen atoms in total. The Kier molecular flexibility index (Phi) is 3.98. The Hall–Kier alpha value is -1.71. The lowest BCUT2D eigenvalue weighted by molar-refractivity contribution is -0.0494. The smallest absolute Gasteiger partial charge is 0.387 e. The second-order valence-corrected chi connectivity index (χ2v) is 4.51. The molecule has 2 N–H and O–H groups in total. The number of rotatable bonds is 3. The second-order valence-electron chi connectivity index (χ2n) is 3.43. The summed E-state index contributed by atoms with van der Waals surface area (Å²) in [6.07, 6.45) is 0. The van der Waals surface area contributed by atoms with Crippen molar-refractivity contribution >= 4 is 22.6 Å². The summed E-state index contributed by atoms with van der Waals surface area (Å²) in [5.74, 6) is -0.647. The van der Waals surface area contributed by atoms with E-state index in [2.05, 4.69) is 14.7 Å². The van der Waals surface area contributed by atoms with Crippen LogP contribution in [0.1, 0.15) is 0 Å². The van der Waals surface area contributed by atoms with Gasteiger partial charge in [0.25, 0.3) is 5.56 Å². The lowest BCUT2D eigenvalue weighted by Gasteiger charge is -2.10. The van der Waals surface area contributed by atoms with Crippen molar-refractivity contribution in [2.45, 2.75) is 6.61 Å². The van der Waals surface area contributed by atoms with Crippen LogP contribution >= 0.6 is 22.6 Å². The number of H-pyrrole nitrogens is 1. The number of ether oxygens (including phenoxy) is 1. The molecule has 0 unspecified atom stereocenters. The van der Waals surface area contributed by atoms with Gasteiger partial charge in [0.1, 0.15) is 15.1 Å². The third kappa shape index (κ3) is 3.00. The van der Waals surface area contributed by atoms with Gasteiger partial charge in [0, 0.05) is 0 Å². The average molecular weight is 380 g/mol. The first-order chi connectivity index (χ1) is 8.99. The highest BCUT2D eigenvalue weighted by atomic mass is 127. The summed E-state index contributed by atoms with van der Waals surface area (Å²) in [5.41, 5.74) is -0.401. The third-order valence-electron chi connectivity index (χ3n) is 2.20. The van der Waals surface area contributed by atoms with Gasteiger partial charge in [-0.05, 0) is 34.7 Å². The van der Waals surface area contributed by atoms with E-state index in [1.165, 1.54) is 18.2 Å². The Morgan fingerprint density at radius 1 is 1.37 bits per heavy atom. The van der Waals surface area contributed by atoms with Crippen molar-refractivity contribution in [3.63, 3.8) is 0 Å². The SMILES string of the molecule is O=c1[nH]c(-c2ccccc2OC(F)F)nc(O)c1I. The Morgan fingerprint density at radius 3 is 2.68 bits per heavy atom. The van der Waals surface area contributed by atoms with Gasteiger partial charge in [0.05, 0.1) is 5.56 Å². The number of para-hydroxylation sites is 1. The van der Waals surface area contributed by atoms with E-state index in [1.54, 1.807) is 28.7 Å². The van der Waals surface area contributed by atoms with Gasteiger partial charge >= 0.3 is 6.61 Å². The van der Waals surface area contributed by atoms with E-state index >= 15 is 0 Å². The number of aromatic nitrogens is 2. The molecule has 0 aliphatic carbocycles. The standard InChI is InChI=1S/C11H7F2IN2O3/c12-11(13)19-6-4-2-1-3-5(6)8-15-9(17)7(14)10(18)16-8/h1-4,11H,(H2,15,16,17,18). The number of hydrogen-bond donors (Lipinski definition) is 2. The summed E-state index contributed by atoms with van der Waals surface area (Å²) in [6, 6.07) is 5.84. The molecule has 0 spiro atoms. The topological polar surface area (TPSA) is 75.2 Å². The first-order valence-electron chi connectivity index (χ1n) is 5.02. The number of aromatic amines is 1. The van der Waals surface area contributed by atoms with E-state index in [4.69, 9.17) is 0 Å². The fourth-order valence-corrected chi connectivity index (χ4v) is 1.69. The van der Waals surface area contributed by atoms with Crippen LogP contribution in [0.15, 0.2) is 29.1 Å². The molecule has 100 valence electrons. The molecule has 0 fully saturated rings. The highest BCUT2D eigenvalue weighted by Gasteiger charge is 2.15. The van der Waals surface area contributed by atoms with Crippen LogP contribution in [-0.4, -0.2) is 21.7 Å². The van der Waals surface area contributed by atoms with Crippen molar-refractivity contribution in [3.05, 3.63) is 38.2 Å². The molecule has 0 bridgehead atoms. The average Bonchev–Trinajstić information content (AvgIpc) is 2.35. The minimum absolute atomic E-state index is 0.0219. The number of nitrogens with zero attached hydrogens (tertiary/aromatic N) is 1. The normalized spacial score (nSPS) is 10.7. The summed E-state index contributed by atoms with van der Waals surface area (Å²) in [7, 11) is 0. The maximum Gasteiger partial charge on any atom is 0.387 e. The van der Waals surface area contributed by atoms with Gasteiger partial charge in [-0.25, -0.2) is 0 Å². The third-order valence-corrected chi connectivity index (χ3v) is 3.18. The van der Waals surface area contributed by atoms with Crippen LogP contribution in [0.2, 0.25) is 0 Å². The number of hydrogen-bond acceptors (Lipinski definition) is 4. The molecular weight excluding hydrogens is 373 g/mol. The van der Waals surface area contributed by atoms with E-state index < -0.39 is 18.1 Å². The van der Waals surface area contributed by atoms with Gasteiger partial charge in [-0.3, -0.25) is 4.79 Å². The summed E-state index contributed by atoms with van der Waals surface area (Å²) in [5, 5.41) is 9.49. The zero-order chi connectivity index (χ0) is 14.0. The van der Waals surface area contributed by atoms with Crippen LogP contribution in [0.4, 0.5) is 8.78 Å². The quantitative estimate of drug-likeness (QED) is 0.802. The number of halogens is 3. The van der Waals surface area contributed by atoms with Crippen molar-refractivity contribution in [1.82, 2.24) is 9.97 Å². The zero-order valence-electron chi connectivity index (χ0n) is 9.23. The minimum atomic E-state index is -3.00. The van der Waals surface area contributed by atoms with Gasteiger partial charge in [0.2, 0.25) is 5.88 Å². The number of alkyl halides is 2. The monoisotopic (exact) mass is 380 g/mol. The molecule has 8 heteroatoms. The van der Waals surface area contributed by atoms with Crippen molar-refractivity contribution < 1.29 is 18.6 Å². The lowest BCUT2D eigenvalue weighted by Crippen LogP contribution is -2.13. The predicted octanol–water partition coefficient (Wildman–Crippen LogP) is 2.35. The maximum atomic E-state index is 12.3. The number of benzene rings is 1. The maximum absolute atomic E-state index is 12.3. The molecule has 1 aromatic heterocycles. The first-order valence-corrected chi connectivity index (χ1v) is 6.10. The molecule has 2 rings (SSSR count). The van der Waals surface area contributed by atoms with E-state index in [9.17, 15) is 18.7 Å². The summed E-state index contributed by atoms with van der Waals surface area (Å²) < 4.78 is 28.9. The molecule has 0 saturated heterocycles. The van der Waals surface area contributed by atoms with E-state index in [1.807, 2.05) is 0 Å². The molecule has 0 aliphatic rings. The van der Waals surface area contributed by atoms with Gasteiger partial charge < -0.3 is 14.8 Å². The van der Waals surface area contributed by atoms with Crippen LogP contribution in [0.3, 0.4) is 0 Å². The van der Waals surface area contributed by atoms with Gasteiger partial charge in [-0.1, -0.05) is 12.1 Å². The molecule has 0 saturated carbocycles. The molecule has 0 radical (unpaired) electrons. The minimum Gasteiger partial charge on any atom is -0.492 e. The Bertz CT molecular complexity index is 661. The van der Waals surface area contributed by atoms with Crippen LogP contribution in [-0.2, 0) is 0 Å². The molecule has 19 heavy (non-hydrogen) atoms. The molecule has 1 heterocycles. The molecule has 1 aromatic carbocycles.